The summed E-state index contributed by atoms with van der Waals surface area (Å²) >= 11 is 0. The summed E-state index contributed by atoms with van der Waals surface area (Å²) in [5.41, 5.74) is 2.79. The van der Waals surface area contributed by atoms with Gasteiger partial charge in [-0.25, -0.2) is 10.4 Å². The Kier molecular flexibility index (Phi) is 5.07. The fourth-order valence-corrected chi connectivity index (χ4v) is 2.49. The Labute approximate surface area is 155 Å². The number of alkyl halides is 3. The van der Waals surface area contributed by atoms with Crippen molar-refractivity contribution in [1.29, 1.82) is 0 Å². The molecule has 0 radical (unpaired) electrons. The van der Waals surface area contributed by atoms with Crippen LogP contribution in [-0.4, -0.2) is 26.6 Å². The number of rotatable bonds is 5. The maximum Gasteiger partial charge on any atom is 0.449 e. The number of nitro groups is 1. The average Bonchev–Trinajstić information content (AvgIpc) is 3.01. The summed E-state index contributed by atoms with van der Waals surface area (Å²) in [5.74, 6) is -1.96. The minimum atomic E-state index is -4.72. The van der Waals surface area contributed by atoms with Crippen molar-refractivity contribution < 1.29 is 22.9 Å². The number of para-hydroxylation sites is 2. The minimum absolute atomic E-state index is 0.104. The lowest BCUT2D eigenvalue weighted by atomic mass is 10.2. The minimum Gasteiger partial charge on any atom is -0.311 e. The summed E-state index contributed by atoms with van der Waals surface area (Å²) in [7, 11) is 0. The van der Waals surface area contributed by atoms with Gasteiger partial charge in [-0.3, -0.25) is 14.9 Å². The molecule has 2 aromatic carbocycles. The number of nitro benzene ring substituents is 1. The van der Waals surface area contributed by atoms with E-state index in [1.54, 1.807) is 12.1 Å². The maximum absolute atomic E-state index is 13.2. The predicted molar refractivity (Wildman–Crippen MR) is 93.6 cm³/mol. The Morgan fingerprint density at radius 2 is 1.89 bits per heavy atom. The molecule has 0 unspecified atom stereocenters. The zero-order chi connectivity index (χ0) is 20.3. The van der Waals surface area contributed by atoms with Gasteiger partial charge in [0.2, 0.25) is 5.82 Å². The second kappa shape index (κ2) is 7.47. The number of imidazole rings is 1. The zero-order valence-electron chi connectivity index (χ0n) is 14.1. The van der Waals surface area contributed by atoms with Gasteiger partial charge in [0, 0.05) is 12.1 Å². The molecule has 1 heterocycles. The van der Waals surface area contributed by atoms with E-state index < -0.39 is 29.4 Å². The Morgan fingerprint density at radius 1 is 1.21 bits per heavy atom. The highest BCUT2D eigenvalue weighted by atomic mass is 19.4. The number of carbonyl (C=O) groups is 1. The molecule has 0 aliphatic heterocycles. The van der Waals surface area contributed by atoms with Crippen LogP contribution in [0.3, 0.4) is 0 Å². The van der Waals surface area contributed by atoms with Gasteiger partial charge in [-0.15, -0.1) is 0 Å². The van der Waals surface area contributed by atoms with Gasteiger partial charge in [0.15, 0.2) is 0 Å². The summed E-state index contributed by atoms with van der Waals surface area (Å²) in [6.45, 7) is -0.632. The van der Waals surface area contributed by atoms with Crippen LogP contribution >= 0.6 is 0 Å². The Morgan fingerprint density at radius 3 is 2.54 bits per heavy atom. The molecule has 144 valence electrons. The average molecular weight is 391 g/mol. The van der Waals surface area contributed by atoms with E-state index >= 15 is 0 Å². The lowest BCUT2D eigenvalue weighted by molar-refractivity contribution is -0.384. The number of fused-ring (bicyclic) bond motifs is 1. The molecule has 28 heavy (non-hydrogen) atoms. The van der Waals surface area contributed by atoms with Crippen LogP contribution in [0.5, 0.6) is 0 Å². The first-order valence-electron chi connectivity index (χ1n) is 7.84. The SMILES string of the molecule is O=C(Cn1c(C(F)(F)F)nc2ccccc21)NN=Cc1ccc([N+](=O)[O-])cc1. The molecule has 0 saturated heterocycles. The van der Waals surface area contributed by atoms with E-state index in [0.717, 1.165) is 4.57 Å². The molecule has 0 bridgehead atoms. The first kappa shape index (κ1) is 19.0. The Balaban J connectivity index is 1.74. The third-order valence-corrected chi connectivity index (χ3v) is 3.72. The normalized spacial score (nSPS) is 11.8. The maximum atomic E-state index is 13.2. The number of carbonyl (C=O) groups excluding carboxylic acids is 1. The second-order valence-corrected chi connectivity index (χ2v) is 5.65. The molecular formula is C17H12F3N5O3. The van der Waals surface area contributed by atoms with Gasteiger partial charge in [0.1, 0.15) is 6.54 Å². The molecule has 11 heteroatoms. The van der Waals surface area contributed by atoms with Crippen LogP contribution < -0.4 is 5.43 Å². The Hall–Kier alpha value is -3.76. The summed E-state index contributed by atoms with van der Waals surface area (Å²) in [6.07, 6.45) is -3.50. The largest absolute Gasteiger partial charge is 0.449 e. The number of hydrogen-bond donors (Lipinski definition) is 1. The summed E-state index contributed by atoms with van der Waals surface area (Å²) in [4.78, 5) is 25.6. The summed E-state index contributed by atoms with van der Waals surface area (Å²) < 4.78 is 40.4. The molecule has 0 atom stereocenters. The van der Waals surface area contributed by atoms with E-state index in [1.165, 1.54) is 42.6 Å². The lowest BCUT2D eigenvalue weighted by Gasteiger charge is -2.10. The standard InChI is InChI=1S/C17H12F3N5O3/c18-17(19,20)16-22-13-3-1-2-4-14(13)24(16)10-15(26)23-21-9-11-5-7-12(8-6-11)25(27)28/h1-9H,10H2,(H,23,26). The highest BCUT2D eigenvalue weighted by molar-refractivity contribution is 5.84. The number of aromatic nitrogens is 2. The number of nitrogens with zero attached hydrogens (tertiary/aromatic N) is 4. The second-order valence-electron chi connectivity index (χ2n) is 5.65. The van der Waals surface area contributed by atoms with Crippen molar-refractivity contribution in [3.05, 3.63) is 70.0 Å². The smallest absolute Gasteiger partial charge is 0.311 e. The van der Waals surface area contributed by atoms with Crippen LogP contribution in [0, 0.1) is 10.1 Å². The quantitative estimate of drug-likeness (QED) is 0.410. The zero-order valence-corrected chi connectivity index (χ0v) is 14.1. The van der Waals surface area contributed by atoms with Gasteiger partial charge in [0.25, 0.3) is 11.6 Å². The third kappa shape index (κ3) is 4.14. The molecule has 0 fully saturated rings. The number of nitrogens with one attached hydrogen (secondary N) is 1. The van der Waals surface area contributed by atoms with Crippen molar-refractivity contribution in [3.8, 4) is 0 Å². The highest BCUT2D eigenvalue weighted by Gasteiger charge is 2.37. The molecule has 3 rings (SSSR count). The molecule has 8 nitrogen and oxygen atoms in total. The van der Waals surface area contributed by atoms with Crippen molar-refractivity contribution in [2.24, 2.45) is 5.10 Å². The third-order valence-electron chi connectivity index (χ3n) is 3.72. The molecule has 3 aromatic rings. The van der Waals surface area contributed by atoms with Gasteiger partial charge in [-0.1, -0.05) is 12.1 Å². The van der Waals surface area contributed by atoms with Crippen LogP contribution in [0.1, 0.15) is 11.4 Å². The molecule has 0 saturated carbocycles. The number of benzene rings is 2. The molecule has 0 aliphatic carbocycles. The topological polar surface area (TPSA) is 102 Å². The van der Waals surface area contributed by atoms with Crippen molar-refractivity contribution in [3.63, 3.8) is 0 Å². The van der Waals surface area contributed by atoms with Gasteiger partial charge >= 0.3 is 6.18 Å². The molecule has 0 spiro atoms. The lowest BCUT2D eigenvalue weighted by Crippen LogP contribution is -2.26. The first-order valence-corrected chi connectivity index (χ1v) is 7.84. The predicted octanol–water partition coefficient (Wildman–Crippen LogP) is 3.11. The molecule has 0 aliphatic rings. The molecular weight excluding hydrogens is 379 g/mol. The van der Waals surface area contributed by atoms with Crippen molar-refractivity contribution in [2.75, 3.05) is 0 Å². The number of hydrazone groups is 1. The van der Waals surface area contributed by atoms with Crippen LogP contribution in [0.15, 0.2) is 53.6 Å². The Bertz CT molecular complexity index is 1060. The fraction of sp³-hybridized carbons (Fsp3) is 0.118. The number of non-ortho nitro benzene ring substituents is 1. The van der Waals surface area contributed by atoms with Gasteiger partial charge < -0.3 is 4.57 Å². The van der Waals surface area contributed by atoms with Crippen molar-refractivity contribution in [1.82, 2.24) is 15.0 Å². The van der Waals surface area contributed by atoms with Crippen LogP contribution in [0.2, 0.25) is 0 Å². The molecule has 1 N–H and O–H groups in total. The number of halogens is 3. The van der Waals surface area contributed by atoms with Gasteiger partial charge in [-0.2, -0.15) is 18.3 Å². The van der Waals surface area contributed by atoms with Gasteiger partial charge in [-0.05, 0) is 29.8 Å². The summed E-state index contributed by atoms with van der Waals surface area (Å²) in [6, 6.07) is 11.3. The first-order chi connectivity index (χ1) is 13.3. The fourth-order valence-electron chi connectivity index (χ4n) is 2.49. The van der Waals surface area contributed by atoms with Crippen LogP contribution in [0.25, 0.3) is 11.0 Å². The van der Waals surface area contributed by atoms with Gasteiger partial charge in [0.05, 0.1) is 22.2 Å². The molecule has 1 aromatic heterocycles. The van der Waals surface area contributed by atoms with E-state index in [1.807, 2.05) is 0 Å². The van der Waals surface area contributed by atoms with E-state index in [0.29, 0.717) is 5.56 Å². The van der Waals surface area contributed by atoms with Crippen molar-refractivity contribution >= 4 is 28.8 Å². The molecule has 1 amide bonds. The number of hydrogen-bond acceptors (Lipinski definition) is 5. The monoisotopic (exact) mass is 391 g/mol. The van der Waals surface area contributed by atoms with Crippen molar-refractivity contribution in [2.45, 2.75) is 12.7 Å². The van der Waals surface area contributed by atoms with Crippen LogP contribution in [-0.2, 0) is 17.5 Å². The van der Waals surface area contributed by atoms with E-state index in [2.05, 4.69) is 15.5 Å². The summed E-state index contributed by atoms with van der Waals surface area (Å²) in [5, 5.41) is 14.2. The number of amides is 1. The highest BCUT2D eigenvalue weighted by Crippen LogP contribution is 2.31. The van der Waals surface area contributed by atoms with E-state index in [4.69, 9.17) is 0 Å². The van der Waals surface area contributed by atoms with E-state index in [9.17, 15) is 28.1 Å². The van der Waals surface area contributed by atoms with Crippen LogP contribution in [0.4, 0.5) is 18.9 Å². The van der Waals surface area contributed by atoms with E-state index in [-0.39, 0.29) is 16.7 Å².